The van der Waals surface area contributed by atoms with Crippen LogP contribution in [-0.4, -0.2) is 25.9 Å². The number of nitrogens with one attached hydrogen (secondary N) is 2. The van der Waals surface area contributed by atoms with Gasteiger partial charge in [-0.05, 0) is 53.6 Å². The smallest absolute Gasteiger partial charge is 0.255 e. The van der Waals surface area contributed by atoms with Crippen molar-refractivity contribution in [1.29, 1.82) is 0 Å². The van der Waals surface area contributed by atoms with Crippen LogP contribution in [0.2, 0.25) is 0 Å². The molecule has 0 unspecified atom stereocenters. The largest absolute Gasteiger partial charge is 0.322 e. The van der Waals surface area contributed by atoms with Crippen LogP contribution in [0.3, 0.4) is 0 Å². The van der Waals surface area contributed by atoms with Crippen molar-refractivity contribution in [3.8, 4) is 22.4 Å². The van der Waals surface area contributed by atoms with E-state index in [0.29, 0.717) is 5.69 Å². The zero-order chi connectivity index (χ0) is 21.4. The highest BCUT2D eigenvalue weighted by Gasteiger charge is 2.11. The minimum atomic E-state index is -0.441. The van der Waals surface area contributed by atoms with Gasteiger partial charge in [0.15, 0.2) is 0 Å². The number of halogens is 1. The Balaban J connectivity index is 1.37. The first-order valence-corrected chi connectivity index (χ1v) is 9.71. The molecule has 1 amide bonds. The average Bonchev–Trinajstić information content (AvgIpc) is 3.39. The molecule has 0 aliphatic heterocycles. The Morgan fingerprint density at radius 3 is 2.55 bits per heavy atom. The number of aryl methyl sites for hydroxylation is 1. The number of rotatable bonds is 4. The number of nitrogens with zero attached hydrogens (tertiary/aromatic N) is 3. The molecule has 2 N–H and O–H groups in total. The first kappa shape index (κ1) is 18.7. The average molecular weight is 411 g/mol. The lowest BCUT2D eigenvalue weighted by molar-refractivity contribution is 0.102. The highest BCUT2D eigenvalue weighted by Crippen LogP contribution is 2.30. The van der Waals surface area contributed by atoms with Gasteiger partial charge in [0.05, 0.1) is 11.7 Å². The lowest BCUT2D eigenvalue weighted by atomic mass is 10.0. The molecule has 152 valence electrons. The number of hydrogen-bond donors (Lipinski definition) is 2. The van der Waals surface area contributed by atoms with Gasteiger partial charge in [-0.15, -0.1) is 0 Å². The molecule has 0 saturated heterocycles. The number of amides is 1. The van der Waals surface area contributed by atoms with E-state index in [1.54, 1.807) is 16.9 Å². The van der Waals surface area contributed by atoms with Gasteiger partial charge in [-0.3, -0.25) is 14.6 Å². The van der Waals surface area contributed by atoms with Crippen LogP contribution in [0.25, 0.3) is 33.3 Å². The molecular formula is C24H18FN5O. The van der Waals surface area contributed by atoms with Crippen molar-refractivity contribution in [3.63, 3.8) is 0 Å². The predicted molar refractivity (Wildman–Crippen MR) is 118 cm³/mol. The van der Waals surface area contributed by atoms with Crippen molar-refractivity contribution >= 4 is 22.5 Å². The molecule has 0 aliphatic rings. The summed E-state index contributed by atoms with van der Waals surface area (Å²) in [5, 5.41) is 15.6. The van der Waals surface area contributed by atoms with Gasteiger partial charge >= 0.3 is 0 Å². The topological polar surface area (TPSA) is 75.6 Å². The zero-order valence-electron chi connectivity index (χ0n) is 16.6. The zero-order valence-corrected chi connectivity index (χ0v) is 16.6. The second-order valence-electron chi connectivity index (χ2n) is 7.28. The predicted octanol–water partition coefficient (Wildman–Crippen LogP) is 5.02. The maximum atomic E-state index is 13.3. The van der Waals surface area contributed by atoms with Crippen LogP contribution in [0.1, 0.15) is 10.4 Å². The van der Waals surface area contributed by atoms with Gasteiger partial charge in [0.1, 0.15) is 11.5 Å². The van der Waals surface area contributed by atoms with Crippen LogP contribution in [0.4, 0.5) is 10.1 Å². The Morgan fingerprint density at radius 1 is 1.00 bits per heavy atom. The van der Waals surface area contributed by atoms with Crippen LogP contribution in [0.5, 0.6) is 0 Å². The normalized spacial score (nSPS) is 11.0. The monoisotopic (exact) mass is 411 g/mol. The molecule has 2 heterocycles. The van der Waals surface area contributed by atoms with E-state index in [9.17, 15) is 9.18 Å². The molecule has 7 heteroatoms. The maximum absolute atomic E-state index is 13.3. The van der Waals surface area contributed by atoms with Crippen molar-refractivity contribution in [1.82, 2.24) is 20.0 Å². The van der Waals surface area contributed by atoms with Crippen LogP contribution in [-0.2, 0) is 7.05 Å². The second kappa shape index (κ2) is 7.53. The molecule has 5 rings (SSSR count). The van der Waals surface area contributed by atoms with Crippen molar-refractivity contribution < 1.29 is 9.18 Å². The number of carbonyl (C=O) groups is 1. The van der Waals surface area contributed by atoms with Gasteiger partial charge in [-0.25, -0.2) is 4.39 Å². The van der Waals surface area contributed by atoms with Crippen LogP contribution in [0.15, 0.2) is 79.1 Å². The van der Waals surface area contributed by atoms with Gasteiger partial charge in [-0.1, -0.05) is 24.3 Å². The summed E-state index contributed by atoms with van der Waals surface area (Å²) >= 11 is 0. The number of fused-ring (bicyclic) bond motifs is 1. The number of carbonyl (C=O) groups excluding carboxylic acids is 1. The number of aromatic nitrogens is 4. The summed E-state index contributed by atoms with van der Waals surface area (Å²) in [6.45, 7) is 0. The van der Waals surface area contributed by atoms with Gasteiger partial charge < -0.3 is 5.32 Å². The van der Waals surface area contributed by atoms with Gasteiger partial charge in [-0.2, -0.15) is 10.2 Å². The maximum Gasteiger partial charge on any atom is 0.255 e. The summed E-state index contributed by atoms with van der Waals surface area (Å²) in [6.07, 6.45) is 3.72. The number of benzene rings is 3. The number of anilines is 1. The first-order valence-electron chi connectivity index (χ1n) is 9.71. The van der Waals surface area contributed by atoms with E-state index in [4.69, 9.17) is 0 Å². The van der Waals surface area contributed by atoms with E-state index in [2.05, 4.69) is 20.6 Å². The fraction of sp³-hybridized carbons (Fsp3) is 0.0417. The molecule has 0 aliphatic carbocycles. The van der Waals surface area contributed by atoms with E-state index < -0.39 is 5.82 Å². The molecule has 0 spiro atoms. The SMILES string of the molecule is Cn1cc(-c2n[nH]c3cc(-c4ccc(NC(=O)c5cccc(F)c5)cc4)ccc23)cn1. The third-order valence-electron chi connectivity index (χ3n) is 5.10. The van der Waals surface area contributed by atoms with Crippen molar-refractivity contribution in [3.05, 3.63) is 90.5 Å². The van der Waals surface area contributed by atoms with Gasteiger partial charge in [0, 0.05) is 35.4 Å². The summed E-state index contributed by atoms with van der Waals surface area (Å²) in [4.78, 5) is 12.3. The van der Waals surface area contributed by atoms with E-state index in [1.165, 1.54) is 18.2 Å². The molecule has 3 aromatic carbocycles. The molecule has 0 radical (unpaired) electrons. The van der Waals surface area contributed by atoms with E-state index in [1.807, 2.05) is 55.7 Å². The molecule has 31 heavy (non-hydrogen) atoms. The fourth-order valence-electron chi connectivity index (χ4n) is 3.54. The summed E-state index contributed by atoms with van der Waals surface area (Å²) in [5.74, 6) is -0.794. The molecule has 0 saturated carbocycles. The summed E-state index contributed by atoms with van der Waals surface area (Å²) in [6, 6.07) is 19.2. The molecule has 5 aromatic rings. The van der Waals surface area contributed by atoms with Gasteiger partial charge in [0.25, 0.3) is 5.91 Å². The lowest BCUT2D eigenvalue weighted by Gasteiger charge is -2.07. The van der Waals surface area contributed by atoms with Crippen LogP contribution in [0, 0.1) is 5.82 Å². The third kappa shape index (κ3) is 3.69. The molecule has 0 fully saturated rings. The van der Waals surface area contributed by atoms with Gasteiger partial charge in [0.2, 0.25) is 0 Å². The first-order chi connectivity index (χ1) is 15.1. The minimum Gasteiger partial charge on any atom is -0.322 e. The Hall–Kier alpha value is -4.26. The summed E-state index contributed by atoms with van der Waals surface area (Å²) in [7, 11) is 1.88. The molecule has 0 bridgehead atoms. The minimum absolute atomic E-state index is 0.276. The van der Waals surface area contributed by atoms with Crippen molar-refractivity contribution in [2.24, 2.45) is 7.05 Å². The molecular weight excluding hydrogens is 393 g/mol. The highest BCUT2D eigenvalue weighted by atomic mass is 19.1. The number of H-pyrrole nitrogens is 1. The summed E-state index contributed by atoms with van der Waals surface area (Å²) in [5.41, 5.74) is 5.70. The fourth-order valence-corrected chi connectivity index (χ4v) is 3.54. The molecule has 2 aromatic heterocycles. The van der Waals surface area contributed by atoms with E-state index in [-0.39, 0.29) is 11.5 Å². The van der Waals surface area contributed by atoms with Crippen LogP contribution >= 0.6 is 0 Å². The Morgan fingerprint density at radius 2 is 1.81 bits per heavy atom. The van der Waals surface area contributed by atoms with Crippen LogP contribution < -0.4 is 5.32 Å². The highest BCUT2D eigenvalue weighted by molar-refractivity contribution is 6.04. The molecule has 0 atom stereocenters. The quantitative estimate of drug-likeness (QED) is 0.436. The number of aromatic amines is 1. The summed E-state index contributed by atoms with van der Waals surface area (Å²) < 4.78 is 15.1. The van der Waals surface area contributed by atoms with E-state index in [0.717, 1.165) is 33.3 Å². The number of hydrogen-bond acceptors (Lipinski definition) is 3. The Labute approximate surface area is 177 Å². The Bertz CT molecular complexity index is 1400. The lowest BCUT2D eigenvalue weighted by Crippen LogP contribution is -2.11. The van der Waals surface area contributed by atoms with Crippen molar-refractivity contribution in [2.45, 2.75) is 0 Å². The third-order valence-corrected chi connectivity index (χ3v) is 5.10. The standard InChI is InChI=1S/C24H18FN5O/c1-30-14-18(13-26-30)23-21-10-7-16(12-22(21)28-29-23)15-5-8-20(9-6-15)27-24(31)17-3-2-4-19(25)11-17/h2-14H,1H3,(H,27,31)(H,28,29). The Kier molecular flexibility index (Phi) is 4.55. The van der Waals surface area contributed by atoms with Crippen molar-refractivity contribution in [2.75, 3.05) is 5.32 Å². The molecule has 6 nitrogen and oxygen atoms in total. The second-order valence-corrected chi connectivity index (χ2v) is 7.28. The van der Waals surface area contributed by atoms with E-state index >= 15 is 0 Å².